The van der Waals surface area contributed by atoms with Gasteiger partial charge in [-0.3, -0.25) is 4.72 Å². The molecular weight excluding hydrogens is 316 g/mol. The minimum absolute atomic E-state index is 0.0467. The van der Waals surface area contributed by atoms with E-state index in [-0.39, 0.29) is 17.1 Å². The van der Waals surface area contributed by atoms with Crippen LogP contribution in [0.3, 0.4) is 0 Å². The molecule has 1 aromatic heterocycles. The van der Waals surface area contributed by atoms with Crippen molar-refractivity contribution in [1.82, 2.24) is 4.98 Å². The zero-order valence-corrected chi connectivity index (χ0v) is 14.4. The maximum Gasteiger partial charge on any atom is 0.341 e. The minimum Gasteiger partial charge on any atom is -0.462 e. The van der Waals surface area contributed by atoms with Crippen LogP contribution < -0.4 is 4.72 Å². The zero-order chi connectivity index (χ0) is 17.2. The second-order valence-electron chi connectivity index (χ2n) is 5.22. The molecule has 2 N–H and O–H groups in total. The van der Waals surface area contributed by atoms with E-state index in [9.17, 15) is 13.2 Å². The second kappa shape index (κ2) is 6.45. The fourth-order valence-corrected chi connectivity index (χ4v) is 4.01. The summed E-state index contributed by atoms with van der Waals surface area (Å²) in [4.78, 5) is 15.0. The highest BCUT2D eigenvalue weighted by Gasteiger charge is 2.30. The third-order valence-electron chi connectivity index (χ3n) is 3.46. The molecule has 6 nitrogen and oxygen atoms in total. The van der Waals surface area contributed by atoms with E-state index in [0.717, 1.165) is 5.56 Å². The van der Waals surface area contributed by atoms with E-state index in [1.807, 2.05) is 6.07 Å². The summed E-state index contributed by atoms with van der Waals surface area (Å²) in [7, 11) is -3.92. The third kappa shape index (κ3) is 3.39. The van der Waals surface area contributed by atoms with Crippen molar-refractivity contribution in [3.05, 3.63) is 46.8 Å². The van der Waals surface area contributed by atoms with Crippen molar-refractivity contribution in [3.63, 3.8) is 0 Å². The number of aromatic nitrogens is 1. The predicted molar refractivity (Wildman–Crippen MR) is 88.2 cm³/mol. The number of H-pyrrole nitrogens is 1. The summed E-state index contributed by atoms with van der Waals surface area (Å²) in [5.74, 6) is -0.653. The lowest BCUT2D eigenvalue weighted by Crippen LogP contribution is -2.18. The standard InChI is InChI=1S/C16H20N2O4S/c1-5-22-16(19)14-11(3)17-12(4)15(14)23(20,21)18-13-9-7-6-8-10(13)2/h6-9,17-18H,5H2,1-4H3. The Kier molecular flexibility index (Phi) is 4.79. The van der Waals surface area contributed by atoms with Crippen LogP contribution in [0.1, 0.15) is 34.2 Å². The van der Waals surface area contributed by atoms with Gasteiger partial charge in [0, 0.05) is 11.4 Å². The maximum atomic E-state index is 12.8. The molecule has 1 heterocycles. The number of aromatic amines is 1. The summed E-state index contributed by atoms with van der Waals surface area (Å²) in [5.41, 5.74) is 2.17. The van der Waals surface area contributed by atoms with Crippen molar-refractivity contribution in [1.29, 1.82) is 0 Å². The molecule has 0 spiro atoms. The quantitative estimate of drug-likeness (QED) is 0.822. The molecule has 2 aromatic rings. The zero-order valence-electron chi connectivity index (χ0n) is 13.6. The highest BCUT2D eigenvalue weighted by atomic mass is 32.2. The molecule has 0 aliphatic heterocycles. The number of rotatable bonds is 5. The van der Waals surface area contributed by atoms with Gasteiger partial charge in [-0.15, -0.1) is 0 Å². The predicted octanol–water partition coefficient (Wildman–Crippen LogP) is 2.92. The molecule has 0 aliphatic rings. The highest BCUT2D eigenvalue weighted by Crippen LogP contribution is 2.27. The van der Waals surface area contributed by atoms with E-state index in [0.29, 0.717) is 17.1 Å². The summed E-state index contributed by atoms with van der Waals surface area (Å²) in [5, 5.41) is 0. The monoisotopic (exact) mass is 336 g/mol. The van der Waals surface area contributed by atoms with Crippen LogP contribution in [-0.2, 0) is 14.8 Å². The van der Waals surface area contributed by atoms with Gasteiger partial charge >= 0.3 is 5.97 Å². The summed E-state index contributed by atoms with van der Waals surface area (Å²) in [6.45, 7) is 6.91. The summed E-state index contributed by atoms with van der Waals surface area (Å²) >= 11 is 0. The molecule has 7 heteroatoms. The molecule has 0 fully saturated rings. The number of hydrogen-bond donors (Lipinski definition) is 2. The van der Waals surface area contributed by atoms with Gasteiger partial charge in [0.1, 0.15) is 10.5 Å². The number of aryl methyl sites for hydroxylation is 3. The second-order valence-corrected chi connectivity index (χ2v) is 6.84. The highest BCUT2D eigenvalue weighted by molar-refractivity contribution is 7.92. The van der Waals surface area contributed by atoms with Crippen LogP contribution in [0.25, 0.3) is 0 Å². The van der Waals surface area contributed by atoms with Crippen LogP contribution in [0.4, 0.5) is 5.69 Å². The fourth-order valence-electron chi connectivity index (χ4n) is 2.43. The van der Waals surface area contributed by atoms with Crippen molar-refractivity contribution in [3.8, 4) is 0 Å². The van der Waals surface area contributed by atoms with Crippen molar-refractivity contribution < 1.29 is 17.9 Å². The Hall–Kier alpha value is -2.28. The number of esters is 1. The van der Waals surface area contributed by atoms with Crippen molar-refractivity contribution in [2.75, 3.05) is 11.3 Å². The van der Waals surface area contributed by atoms with Gasteiger partial charge in [-0.25, -0.2) is 13.2 Å². The van der Waals surface area contributed by atoms with Gasteiger partial charge in [0.25, 0.3) is 10.0 Å². The SMILES string of the molecule is CCOC(=O)c1c(C)[nH]c(C)c1S(=O)(=O)Nc1ccccc1C. The Bertz CT molecular complexity index is 838. The van der Waals surface area contributed by atoms with E-state index in [4.69, 9.17) is 4.74 Å². The van der Waals surface area contributed by atoms with Crippen molar-refractivity contribution in [2.24, 2.45) is 0 Å². The van der Waals surface area contributed by atoms with Gasteiger partial charge in [-0.1, -0.05) is 18.2 Å². The summed E-state index contributed by atoms with van der Waals surface area (Å²) in [6, 6.07) is 7.04. The van der Waals surface area contributed by atoms with Gasteiger partial charge in [0.05, 0.1) is 12.3 Å². The van der Waals surface area contributed by atoms with Crippen LogP contribution >= 0.6 is 0 Å². The molecule has 0 aliphatic carbocycles. The molecular formula is C16H20N2O4S. The number of anilines is 1. The number of benzene rings is 1. The number of carbonyl (C=O) groups is 1. The lowest BCUT2D eigenvalue weighted by Gasteiger charge is -2.12. The Morgan fingerprint density at radius 1 is 1.17 bits per heavy atom. The van der Waals surface area contributed by atoms with Gasteiger partial charge < -0.3 is 9.72 Å². The van der Waals surface area contributed by atoms with Crippen LogP contribution in [0.2, 0.25) is 0 Å². The molecule has 1 aromatic carbocycles. The Balaban J connectivity index is 2.52. The smallest absolute Gasteiger partial charge is 0.341 e. The molecule has 0 amide bonds. The van der Waals surface area contributed by atoms with Crippen LogP contribution in [-0.4, -0.2) is 26.0 Å². The van der Waals surface area contributed by atoms with E-state index >= 15 is 0 Å². The normalized spacial score (nSPS) is 11.3. The van der Waals surface area contributed by atoms with Gasteiger partial charge in [0.2, 0.25) is 0 Å². The number of nitrogens with one attached hydrogen (secondary N) is 2. The van der Waals surface area contributed by atoms with Crippen LogP contribution in [0.5, 0.6) is 0 Å². The Labute approximate surface area is 135 Å². The summed E-state index contributed by atoms with van der Waals surface area (Å²) in [6.07, 6.45) is 0. The lowest BCUT2D eigenvalue weighted by molar-refractivity contribution is 0.0521. The maximum absolute atomic E-state index is 12.8. The van der Waals surface area contributed by atoms with Crippen molar-refractivity contribution in [2.45, 2.75) is 32.6 Å². The molecule has 124 valence electrons. The molecule has 0 saturated carbocycles. The molecule has 0 atom stereocenters. The fraction of sp³-hybridized carbons (Fsp3) is 0.312. The third-order valence-corrected chi connectivity index (χ3v) is 4.99. The number of para-hydroxylation sites is 1. The Morgan fingerprint density at radius 3 is 2.43 bits per heavy atom. The van der Waals surface area contributed by atoms with E-state index in [1.165, 1.54) is 0 Å². The average Bonchev–Trinajstić information content (AvgIpc) is 2.77. The van der Waals surface area contributed by atoms with E-state index < -0.39 is 16.0 Å². The van der Waals surface area contributed by atoms with Crippen LogP contribution in [0, 0.1) is 20.8 Å². The first-order chi connectivity index (χ1) is 10.8. The molecule has 2 rings (SSSR count). The van der Waals surface area contributed by atoms with Gasteiger partial charge in [0.15, 0.2) is 0 Å². The van der Waals surface area contributed by atoms with Gasteiger partial charge in [-0.05, 0) is 39.3 Å². The summed E-state index contributed by atoms with van der Waals surface area (Å²) < 4.78 is 33.1. The Morgan fingerprint density at radius 2 is 1.83 bits per heavy atom. The molecule has 0 saturated heterocycles. The van der Waals surface area contributed by atoms with Crippen molar-refractivity contribution >= 4 is 21.7 Å². The number of hydrogen-bond acceptors (Lipinski definition) is 4. The van der Waals surface area contributed by atoms with E-state index in [1.54, 1.807) is 45.9 Å². The number of ether oxygens (including phenoxy) is 1. The average molecular weight is 336 g/mol. The largest absolute Gasteiger partial charge is 0.462 e. The molecule has 0 radical (unpaired) electrons. The molecule has 23 heavy (non-hydrogen) atoms. The topological polar surface area (TPSA) is 88.3 Å². The lowest BCUT2D eigenvalue weighted by atomic mass is 10.2. The first kappa shape index (κ1) is 17.1. The number of sulfonamides is 1. The molecule has 0 bridgehead atoms. The first-order valence-corrected chi connectivity index (χ1v) is 8.71. The first-order valence-electron chi connectivity index (χ1n) is 7.22. The minimum atomic E-state index is -3.92. The van der Waals surface area contributed by atoms with Gasteiger partial charge in [-0.2, -0.15) is 0 Å². The molecule has 0 unspecified atom stereocenters. The van der Waals surface area contributed by atoms with E-state index in [2.05, 4.69) is 9.71 Å². The number of carbonyl (C=O) groups excluding carboxylic acids is 1. The van der Waals surface area contributed by atoms with Crippen LogP contribution in [0.15, 0.2) is 29.2 Å².